The second-order valence-corrected chi connectivity index (χ2v) is 6.68. The molecule has 1 amide bonds. The number of aliphatic hydroxyl groups is 1. The molecule has 2 fully saturated rings. The molecule has 0 aromatic heterocycles. The number of nitrogens with zero attached hydrogens (tertiary/aromatic N) is 2. The quantitative estimate of drug-likeness (QED) is 0.906. The highest BCUT2D eigenvalue weighted by Crippen LogP contribution is 2.39. The summed E-state index contributed by atoms with van der Waals surface area (Å²) in [6.45, 7) is 3.08. The van der Waals surface area contributed by atoms with Gasteiger partial charge in [0.15, 0.2) is 0 Å². The van der Waals surface area contributed by atoms with Gasteiger partial charge >= 0.3 is 0 Å². The van der Waals surface area contributed by atoms with Gasteiger partial charge in [-0.05, 0) is 37.0 Å². The van der Waals surface area contributed by atoms with Crippen LogP contribution in [0.2, 0.25) is 0 Å². The maximum absolute atomic E-state index is 12.0. The molecule has 2 heterocycles. The van der Waals surface area contributed by atoms with Crippen LogP contribution in [0.1, 0.15) is 30.2 Å². The zero-order valence-electron chi connectivity index (χ0n) is 12.2. The summed E-state index contributed by atoms with van der Waals surface area (Å²) in [5.74, 6) is 0.728. The number of amides is 1. The highest BCUT2D eigenvalue weighted by molar-refractivity contribution is 8.00. The number of aliphatic hydroxyl groups excluding tert-OH is 1. The normalized spacial score (nSPS) is 22.3. The van der Waals surface area contributed by atoms with Crippen LogP contribution in [0.15, 0.2) is 24.3 Å². The van der Waals surface area contributed by atoms with E-state index in [0.29, 0.717) is 18.7 Å². The molecule has 2 aliphatic heterocycles. The number of rotatable bonds is 5. The highest BCUT2D eigenvalue weighted by Gasteiger charge is 2.32. The standard InChI is InChI=1S/C16H22N2O2S/c19-11-3-10-18-15(20)12-21-16(18)13-4-6-14(7-5-13)17-8-1-2-9-17/h4-7,16,19H,1-3,8-12H2. The average Bonchev–Trinajstić information content (AvgIpc) is 3.15. The summed E-state index contributed by atoms with van der Waals surface area (Å²) in [6, 6.07) is 8.65. The van der Waals surface area contributed by atoms with Crippen LogP contribution in [0, 0.1) is 0 Å². The number of hydrogen-bond acceptors (Lipinski definition) is 4. The molecule has 3 rings (SSSR count). The van der Waals surface area contributed by atoms with E-state index < -0.39 is 0 Å². The number of benzene rings is 1. The van der Waals surface area contributed by atoms with Gasteiger partial charge < -0.3 is 14.9 Å². The van der Waals surface area contributed by atoms with Crippen molar-refractivity contribution in [2.45, 2.75) is 24.6 Å². The van der Waals surface area contributed by atoms with Crippen molar-refractivity contribution in [2.24, 2.45) is 0 Å². The minimum atomic E-state index is 0.108. The molecule has 21 heavy (non-hydrogen) atoms. The van der Waals surface area contributed by atoms with E-state index >= 15 is 0 Å². The Labute approximate surface area is 130 Å². The molecular formula is C16H22N2O2S. The molecule has 114 valence electrons. The molecule has 0 radical (unpaired) electrons. The smallest absolute Gasteiger partial charge is 0.233 e. The van der Waals surface area contributed by atoms with E-state index in [1.807, 2.05) is 4.90 Å². The first kappa shape index (κ1) is 14.7. The van der Waals surface area contributed by atoms with Gasteiger partial charge in [-0.25, -0.2) is 0 Å². The molecular weight excluding hydrogens is 284 g/mol. The van der Waals surface area contributed by atoms with Gasteiger partial charge in [-0.15, -0.1) is 11.8 Å². The molecule has 0 spiro atoms. The first-order chi connectivity index (χ1) is 10.3. The van der Waals surface area contributed by atoms with Crippen molar-refractivity contribution in [3.63, 3.8) is 0 Å². The van der Waals surface area contributed by atoms with Crippen LogP contribution in [0.25, 0.3) is 0 Å². The van der Waals surface area contributed by atoms with Crippen molar-refractivity contribution in [1.82, 2.24) is 4.90 Å². The second kappa shape index (κ2) is 6.71. The molecule has 0 aliphatic carbocycles. The first-order valence-corrected chi connectivity index (χ1v) is 8.71. The number of carbonyl (C=O) groups excluding carboxylic acids is 1. The summed E-state index contributed by atoms with van der Waals surface area (Å²) in [6.07, 6.45) is 3.21. The van der Waals surface area contributed by atoms with Crippen molar-refractivity contribution in [1.29, 1.82) is 0 Å². The Morgan fingerprint density at radius 1 is 1.19 bits per heavy atom. The average molecular weight is 306 g/mol. The summed E-state index contributed by atoms with van der Waals surface area (Å²) in [4.78, 5) is 16.3. The second-order valence-electron chi connectivity index (χ2n) is 5.61. The predicted molar refractivity (Wildman–Crippen MR) is 86.5 cm³/mol. The Bertz CT molecular complexity index is 486. The minimum absolute atomic E-state index is 0.108. The molecule has 1 aromatic rings. The van der Waals surface area contributed by atoms with Crippen molar-refractivity contribution >= 4 is 23.4 Å². The maximum atomic E-state index is 12.0. The minimum Gasteiger partial charge on any atom is -0.396 e. The molecule has 4 nitrogen and oxygen atoms in total. The van der Waals surface area contributed by atoms with Crippen LogP contribution in [-0.4, -0.2) is 47.9 Å². The topological polar surface area (TPSA) is 43.8 Å². The third kappa shape index (κ3) is 3.19. The fourth-order valence-electron chi connectivity index (χ4n) is 3.04. The lowest BCUT2D eigenvalue weighted by Gasteiger charge is -2.25. The van der Waals surface area contributed by atoms with Gasteiger partial charge in [-0.2, -0.15) is 0 Å². The SMILES string of the molecule is O=C1CSC(c2ccc(N3CCCC3)cc2)N1CCCO. The van der Waals surface area contributed by atoms with Gasteiger partial charge in [0.1, 0.15) is 5.37 Å². The summed E-state index contributed by atoms with van der Waals surface area (Å²) in [5, 5.41) is 9.09. The van der Waals surface area contributed by atoms with Crippen molar-refractivity contribution in [3.05, 3.63) is 29.8 Å². The Morgan fingerprint density at radius 2 is 1.90 bits per heavy atom. The fourth-order valence-corrected chi connectivity index (χ4v) is 4.26. The zero-order chi connectivity index (χ0) is 14.7. The maximum Gasteiger partial charge on any atom is 0.233 e. The number of thioether (sulfide) groups is 1. The summed E-state index contributed by atoms with van der Waals surface area (Å²) in [7, 11) is 0. The predicted octanol–water partition coefficient (Wildman–Crippen LogP) is 2.24. The molecule has 5 heteroatoms. The lowest BCUT2D eigenvalue weighted by atomic mass is 10.1. The molecule has 0 saturated carbocycles. The van der Waals surface area contributed by atoms with Gasteiger partial charge in [0.25, 0.3) is 0 Å². The van der Waals surface area contributed by atoms with Gasteiger partial charge in [-0.1, -0.05) is 12.1 Å². The van der Waals surface area contributed by atoms with Crippen molar-refractivity contribution in [3.8, 4) is 0 Å². The van der Waals surface area contributed by atoms with E-state index in [0.717, 1.165) is 13.1 Å². The number of hydrogen-bond donors (Lipinski definition) is 1. The molecule has 1 atom stereocenters. The zero-order valence-corrected chi connectivity index (χ0v) is 13.0. The van der Waals surface area contributed by atoms with Crippen LogP contribution in [0.4, 0.5) is 5.69 Å². The van der Waals surface area contributed by atoms with E-state index in [1.54, 1.807) is 11.8 Å². The van der Waals surface area contributed by atoms with E-state index in [9.17, 15) is 4.79 Å². The van der Waals surface area contributed by atoms with Crippen LogP contribution in [0.3, 0.4) is 0 Å². The molecule has 1 N–H and O–H groups in total. The van der Waals surface area contributed by atoms with Gasteiger partial charge in [0.05, 0.1) is 5.75 Å². The third-order valence-corrected chi connectivity index (χ3v) is 5.43. The molecule has 2 aliphatic rings. The summed E-state index contributed by atoms with van der Waals surface area (Å²) in [5.41, 5.74) is 2.47. The monoisotopic (exact) mass is 306 g/mol. The van der Waals surface area contributed by atoms with Crippen molar-refractivity contribution < 1.29 is 9.90 Å². The van der Waals surface area contributed by atoms with Crippen LogP contribution >= 0.6 is 11.8 Å². The van der Waals surface area contributed by atoms with Gasteiger partial charge in [0, 0.05) is 31.9 Å². The molecule has 0 bridgehead atoms. The summed E-state index contributed by atoms with van der Waals surface area (Å²) >= 11 is 1.68. The Balaban J connectivity index is 1.71. The first-order valence-electron chi connectivity index (χ1n) is 7.66. The van der Waals surface area contributed by atoms with Crippen LogP contribution in [-0.2, 0) is 4.79 Å². The fraction of sp³-hybridized carbons (Fsp3) is 0.562. The Hall–Kier alpha value is -1.20. The van der Waals surface area contributed by atoms with Crippen molar-refractivity contribution in [2.75, 3.05) is 36.9 Å². The van der Waals surface area contributed by atoms with E-state index in [-0.39, 0.29) is 17.9 Å². The third-order valence-electron chi connectivity index (χ3n) is 4.17. The number of anilines is 1. The lowest BCUT2D eigenvalue weighted by molar-refractivity contribution is -0.128. The summed E-state index contributed by atoms with van der Waals surface area (Å²) < 4.78 is 0. The molecule has 1 aromatic carbocycles. The van der Waals surface area contributed by atoms with Gasteiger partial charge in [-0.3, -0.25) is 4.79 Å². The number of carbonyl (C=O) groups is 1. The largest absolute Gasteiger partial charge is 0.396 e. The molecule has 2 saturated heterocycles. The molecule has 1 unspecified atom stereocenters. The highest BCUT2D eigenvalue weighted by atomic mass is 32.2. The van der Waals surface area contributed by atoms with Crippen LogP contribution in [0.5, 0.6) is 0 Å². The van der Waals surface area contributed by atoms with Crippen LogP contribution < -0.4 is 4.90 Å². The Kier molecular flexibility index (Phi) is 4.70. The Morgan fingerprint density at radius 3 is 2.57 bits per heavy atom. The van der Waals surface area contributed by atoms with E-state index in [1.165, 1.54) is 24.1 Å². The lowest BCUT2D eigenvalue weighted by Crippen LogP contribution is -2.29. The van der Waals surface area contributed by atoms with E-state index in [2.05, 4.69) is 29.2 Å². The van der Waals surface area contributed by atoms with E-state index in [4.69, 9.17) is 5.11 Å². The van der Waals surface area contributed by atoms with Gasteiger partial charge in [0.2, 0.25) is 5.91 Å².